The molecular weight excluding hydrogens is 570 g/mol. The Morgan fingerprint density at radius 3 is 2.42 bits per heavy atom. The molecule has 0 atom stereocenters. The molecule has 0 aliphatic carbocycles. The molecule has 224 valence electrons. The lowest BCUT2D eigenvalue weighted by atomic mass is 9.96. The predicted octanol–water partition coefficient (Wildman–Crippen LogP) is 7.63. The fourth-order valence-corrected chi connectivity index (χ4v) is 5.24. The first-order chi connectivity index (χ1) is 21.7. The van der Waals surface area contributed by atoms with Gasteiger partial charge in [0.15, 0.2) is 5.82 Å². The Balaban J connectivity index is 1.55. The van der Waals surface area contributed by atoms with E-state index in [0.29, 0.717) is 28.0 Å². The molecule has 0 spiro atoms. The minimum Gasteiger partial charge on any atom is -0.496 e. The molecule has 0 amide bonds. The zero-order valence-corrected chi connectivity index (χ0v) is 25.1. The van der Waals surface area contributed by atoms with Crippen LogP contribution in [0.2, 0.25) is 0 Å². The minimum absolute atomic E-state index is 0.146. The number of aromatic nitrogens is 3. The van der Waals surface area contributed by atoms with E-state index in [1.165, 1.54) is 16.8 Å². The van der Waals surface area contributed by atoms with E-state index in [-0.39, 0.29) is 23.0 Å². The predicted molar refractivity (Wildman–Crippen MR) is 175 cm³/mol. The van der Waals surface area contributed by atoms with Gasteiger partial charge >= 0.3 is 0 Å². The second-order valence-corrected chi connectivity index (χ2v) is 10.8. The number of rotatable bonds is 8. The van der Waals surface area contributed by atoms with Gasteiger partial charge < -0.3 is 9.47 Å². The lowest BCUT2D eigenvalue weighted by Crippen LogP contribution is -2.21. The molecule has 0 N–H and O–H groups in total. The third-order valence-corrected chi connectivity index (χ3v) is 7.57. The normalized spacial score (nSPS) is 11.5. The van der Waals surface area contributed by atoms with Crippen molar-refractivity contribution in [2.75, 3.05) is 7.11 Å². The van der Waals surface area contributed by atoms with Crippen molar-refractivity contribution in [3.8, 4) is 28.8 Å². The molecule has 6 aromatic rings. The highest BCUT2D eigenvalue weighted by Crippen LogP contribution is 2.35. The molecule has 0 bridgehead atoms. The molecule has 4 aromatic carbocycles. The Hall–Kier alpha value is -5.90. The van der Waals surface area contributed by atoms with Crippen LogP contribution in [0.4, 0.5) is 5.69 Å². The van der Waals surface area contributed by atoms with Gasteiger partial charge in [0.1, 0.15) is 17.7 Å². The molecule has 0 fully saturated rings. The summed E-state index contributed by atoms with van der Waals surface area (Å²) in [6.07, 6.45) is 2.71. The molecule has 2 aromatic heterocycles. The van der Waals surface area contributed by atoms with E-state index in [2.05, 4.69) is 18.8 Å². The Morgan fingerprint density at radius 2 is 1.71 bits per heavy atom. The Bertz CT molecular complexity index is 2170. The summed E-state index contributed by atoms with van der Waals surface area (Å²) < 4.78 is 13.1. The zero-order valence-electron chi connectivity index (χ0n) is 25.1. The van der Waals surface area contributed by atoms with Crippen molar-refractivity contribution in [1.82, 2.24) is 14.6 Å². The topological polar surface area (TPSA) is 122 Å². The van der Waals surface area contributed by atoms with Gasteiger partial charge in [0.2, 0.25) is 5.88 Å². The van der Waals surface area contributed by atoms with E-state index >= 15 is 0 Å². The van der Waals surface area contributed by atoms with Crippen LogP contribution >= 0.6 is 0 Å². The molecule has 6 rings (SSSR count). The number of benzene rings is 4. The Morgan fingerprint density at radius 1 is 0.956 bits per heavy atom. The first-order valence-electron chi connectivity index (χ1n) is 14.3. The van der Waals surface area contributed by atoms with Crippen LogP contribution in [0.1, 0.15) is 36.5 Å². The van der Waals surface area contributed by atoms with Crippen molar-refractivity contribution in [1.29, 1.82) is 0 Å². The van der Waals surface area contributed by atoms with Crippen molar-refractivity contribution >= 4 is 33.6 Å². The van der Waals surface area contributed by atoms with Crippen molar-refractivity contribution in [2.45, 2.75) is 26.7 Å². The van der Waals surface area contributed by atoms with Crippen molar-refractivity contribution in [2.24, 2.45) is 5.10 Å². The smallest absolute Gasteiger partial charge is 0.287 e. The monoisotopic (exact) mass is 599 g/mol. The average molecular weight is 600 g/mol. The van der Waals surface area contributed by atoms with Gasteiger partial charge in [-0.1, -0.05) is 56.3 Å². The van der Waals surface area contributed by atoms with Crippen LogP contribution in [0.15, 0.2) is 101 Å². The van der Waals surface area contributed by atoms with E-state index in [1.54, 1.807) is 31.5 Å². The van der Waals surface area contributed by atoms with Crippen LogP contribution < -0.4 is 15.0 Å². The number of methoxy groups -OCH3 is 1. The molecule has 0 aliphatic heterocycles. The fraction of sp³-hybridized carbons (Fsp3) is 0.143. The first-order valence-corrected chi connectivity index (χ1v) is 14.3. The quantitative estimate of drug-likeness (QED) is 0.100. The van der Waals surface area contributed by atoms with Gasteiger partial charge in [0, 0.05) is 23.3 Å². The van der Waals surface area contributed by atoms with Gasteiger partial charge in [-0.05, 0) is 65.1 Å². The number of hydrogen-bond acceptors (Lipinski definition) is 8. The molecule has 10 nitrogen and oxygen atoms in total. The molecule has 0 radical (unpaired) electrons. The van der Waals surface area contributed by atoms with E-state index < -0.39 is 4.92 Å². The van der Waals surface area contributed by atoms with Gasteiger partial charge in [-0.2, -0.15) is 9.78 Å². The number of para-hydroxylation sites is 1. The van der Waals surface area contributed by atoms with Crippen LogP contribution in [0.5, 0.6) is 17.4 Å². The average Bonchev–Trinajstić information content (AvgIpc) is 3.04. The number of aryl methyl sites for hydroxylation is 1. The number of pyridine rings is 1. The van der Waals surface area contributed by atoms with E-state index in [0.717, 1.165) is 39.4 Å². The fourth-order valence-electron chi connectivity index (χ4n) is 5.24. The molecule has 45 heavy (non-hydrogen) atoms. The maximum atomic E-state index is 14.0. The highest BCUT2D eigenvalue weighted by molar-refractivity contribution is 6.02. The van der Waals surface area contributed by atoms with Gasteiger partial charge in [-0.25, -0.2) is 9.97 Å². The zero-order chi connectivity index (χ0) is 31.7. The molecule has 0 saturated heterocycles. The van der Waals surface area contributed by atoms with Gasteiger partial charge in [-0.3, -0.25) is 14.9 Å². The molecule has 0 saturated carbocycles. The van der Waals surface area contributed by atoms with E-state index in [1.807, 2.05) is 61.5 Å². The number of nitro groups is 1. The third kappa shape index (κ3) is 5.61. The standard InChI is InChI=1S/C35H29N5O5/c1-21(2)27-18-28(22(3)17-32(27)44-4)34-38-30-12-8-7-11-26(30)35(41)39(34)37-20-29-25-10-6-5-9-23(25)13-15-31(29)45-33-16-14-24(19-36-33)40(42)43/h5-21H,1-4H3. The Kier molecular flexibility index (Phi) is 7.78. The first kappa shape index (κ1) is 29.2. The third-order valence-electron chi connectivity index (χ3n) is 7.57. The summed E-state index contributed by atoms with van der Waals surface area (Å²) in [5, 5.41) is 18.0. The van der Waals surface area contributed by atoms with Crippen molar-refractivity contribution in [3.05, 3.63) is 128 Å². The second-order valence-electron chi connectivity index (χ2n) is 10.8. The number of ether oxygens (including phenoxy) is 2. The lowest BCUT2D eigenvalue weighted by Gasteiger charge is -2.17. The number of hydrogen-bond donors (Lipinski definition) is 0. The summed E-state index contributed by atoms with van der Waals surface area (Å²) in [6, 6.07) is 25.3. The van der Waals surface area contributed by atoms with Gasteiger partial charge in [0.25, 0.3) is 11.2 Å². The molecule has 0 unspecified atom stereocenters. The summed E-state index contributed by atoms with van der Waals surface area (Å²) in [5.41, 5.74) is 3.29. The molecule has 0 aliphatic rings. The van der Waals surface area contributed by atoms with Gasteiger partial charge in [0.05, 0.1) is 29.2 Å². The highest BCUT2D eigenvalue weighted by Gasteiger charge is 2.19. The van der Waals surface area contributed by atoms with Crippen molar-refractivity contribution in [3.63, 3.8) is 0 Å². The SMILES string of the molecule is COc1cc(C)c(-c2nc3ccccc3c(=O)n2N=Cc2c(Oc3ccc([N+](=O)[O-])cn3)ccc3ccccc23)cc1C(C)C. The minimum atomic E-state index is -0.521. The van der Waals surface area contributed by atoms with Gasteiger partial charge in [-0.15, -0.1) is 0 Å². The lowest BCUT2D eigenvalue weighted by molar-refractivity contribution is -0.385. The number of fused-ring (bicyclic) bond motifs is 2. The molecule has 10 heteroatoms. The summed E-state index contributed by atoms with van der Waals surface area (Å²) in [4.78, 5) is 33.6. The van der Waals surface area contributed by atoms with E-state index in [9.17, 15) is 14.9 Å². The van der Waals surface area contributed by atoms with Crippen LogP contribution in [0, 0.1) is 17.0 Å². The van der Waals surface area contributed by atoms with Crippen LogP contribution in [-0.4, -0.2) is 32.9 Å². The van der Waals surface area contributed by atoms with E-state index in [4.69, 9.17) is 19.6 Å². The van der Waals surface area contributed by atoms with Crippen LogP contribution in [0.3, 0.4) is 0 Å². The summed E-state index contributed by atoms with van der Waals surface area (Å²) in [6.45, 7) is 6.11. The summed E-state index contributed by atoms with van der Waals surface area (Å²) >= 11 is 0. The highest BCUT2D eigenvalue weighted by atomic mass is 16.6. The summed E-state index contributed by atoms with van der Waals surface area (Å²) in [7, 11) is 1.64. The maximum absolute atomic E-state index is 14.0. The second kappa shape index (κ2) is 12.0. The van der Waals surface area contributed by atoms with Crippen LogP contribution in [0.25, 0.3) is 33.1 Å². The van der Waals surface area contributed by atoms with Crippen LogP contribution in [-0.2, 0) is 0 Å². The maximum Gasteiger partial charge on any atom is 0.287 e. The molecule has 2 heterocycles. The largest absolute Gasteiger partial charge is 0.496 e. The molecular formula is C35H29N5O5. The Labute approximate surface area is 258 Å². The number of nitrogens with zero attached hydrogens (tertiary/aromatic N) is 5. The van der Waals surface area contributed by atoms with Crippen molar-refractivity contribution < 1.29 is 14.4 Å². The summed E-state index contributed by atoms with van der Waals surface area (Å²) in [5.74, 6) is 1.89.